The highest BCUT2D eigenvalue weighted by Crippen LogP contribution is 2.36. The molecule has 0 spiro atoms. The monoisotopic (exact) mass is 353 g/mol. The van der Waals surface area contributed by atoms with Gasteiger partial charge in [-0.3, -0.25) is 13.5 Å². The number of piperidine rings is 1. The highest BCUT2D eigenvalue weighted by atomic mass is 32.2. The van der Waals surface area contributed by atoms with E-state index in [1.54, 1.807) is 12.1 Å². The molecule has 2 bridgehead atoms. The van der Waals surface area contributed by atoms with Gasteiger partial charge in [0, 0.05) is 12.1 Å². The van der Waals surface area contributed by atoms with Gasteiger partial charge in [0.1, 0.15) is 12.0 Å². The molecule has 6 nitrogen and oxygen atoms in total. The molecule has 1 N–H and O–H groups in total. The zero-order chi connectivity index (χ0) is 17.1. The molecule has 2 heterocycles. The minimum Gasteiger partial charge on any atom is -0.462 e. The van der Waals surface area contributed by atoms with Gasteiger partial charge in [-0.25, -0.2) is 0 Å². The lowest BCUT2D eigenvalue weighted by molar-refractivity contribution is -0.155. The van der Waals surface area contributed by atoms with Gasteiger partial charge in [0.2, 0.25) is 0 Å². The molecule has 0 aromatic heterocycles. The van der Waals surface area contributed by atoms with Crippen LogP contribution in [0.5, 0.6) is 0 Å². The fourth-order valence-electron chi connectivity index (χ4n) is 3.82. The van der Waals surface area contributed by atoms with Crippen LogP contribution in [0.15, 0.2) is 30.3 Å². The Morgan fingerprint density at radius 2 is 1.92 bits per heavy atom. The van der Waals surface area contributed by atoms with E-state index in [1.165, 1.54) is 0 Å². The molecule has 1 aromatic rings. The van der Waals surface area contributed by atoms with Gasteiger partial charge in [-0.2, -0.15) is 4.21 Å². The smallest absolute Gasteiger partial charge is 0.316 e. The van der Waals surface area contributed by atoms with Crippen molar-refractivity contribution >= 4 is 17.3 Å². The van der Waals surface area contributed by atoms with E-state index in [1.807, 2.05) is 18.2 Å². The summed E-state index contributed by atoms with van der Waals surface area (Å²) in [4.78, 5) is 15.0. The Morgan fingerprint density at radius 3 is 2.50 bits per heavy atom. The minimum atomic E-state index is -2.40. The van der Waals surface area contributed by atoms with Crippen molar-refractivity contribution in [1.82, 2.24) is 4.90 Å². The molecule has 2 unspecified atom stereocenters. The lowest BCUT2D eigenvalue weighted by Crippen LogP contribution is -2.44. The molecule has 2 aliphatic heterocycles. The van der Waals surface area contributed by atoms with Gasteiger partial charge in [0.15, 0.2) is 0 Å². The summed E-state index contributed by atoms with van der Waals surface area (Å²) >= 11 is -2.40. The molecule has 1 aromatic carbocycles. The SMILES string of the molecule is CN1[C@@H]2CC[C@H]1C[C@@H](OC(=O)C(COS(=O)O)c1ccccc1)C2. The van der Waals surface area contributed by atoms with Gasteiger partial charge >= 0.3 is 17.3 Å². The molecule has 2 aliphatic rings. The van der Waals surface area contributed by atoms with Crippen LogP contribution in [0.4, 0.5) is 0 Å². The van der Waals surface area contributed by atoms with Crippen molar-refractivity contribution in [3.63, 3.8) is 0 Å². The predicted octanol–water partition coefficient (Wildman–Crippen LogP) is 2.09. The van der Waals surface area contributed by atoms with Gasteiger partial charge in [-0.1, -0.05) is 30.3 Å². The lowest BCUT2D eigenvalue weighted by Gasteiger charge is -2.36. The van der Waals surface area contributed by atoms with Crippen molar-refractivity contribution in [3.8, 4) is 0 Å². The number of hydrogen-bond acceptors (Lipinski definition) is 5. The molecule has 7 heteroatoms. The summed E-state index contributed by atoms with van der Waals surface area (Å²) in [5, 5.41) is 0. The highest BCUT2D eigenvalue weighted by Gasteiger charge is 2.40. The number of benzene rings is 1. The number of fused-ring (bicyclic) bond motifs is 2. The minimum absolute atomic E-state index is 0.0861. The number of carbonyl (C=O) groups excluding carboxylic acids is 1. The van der Waals surface area contributed by atoms with Crippen LogP contribution in [0.2, 0.25) is 0 Å². The molecule has 0 saturated carbocycles. The zero-order valence-corrected chi connectivity index (χ0v) is 14.5. The quantitative estimate of drug-likeness (QED) is 0.623. The first kappa shape index (κ1) is 17.5. The Bertz CT molecular complexity index is 582. The van der Waals surface area contributed by atoms with Gasteiger partial charge in [-0.05, 0) is 38.3 Å². The summed E-state index contributed by atoms with van der Waals surface area (Å²) in [6, 6.07) is 10.1. The molecule has 2 fully saturated rings. The van der Waals surface area contributed by atoms with Gasteiger partial charge in [0.05, 0.1) is 6.61 Å². The molecular weight excluding hydrogens is 330 g/mol. The molecular formula is C17H23NO5S. The van der Waals surface area contributed by atoms with Gasteiger partial charge < -0.3 is 9.64 Å². The van der Waals surface area contributed by atoms with Crippen molar-refractivity contribution in [2.75, 3.05) is 13.7 Å². The number of hydrogen-bond donors (Lipinski definition) is 1. The lowest BCUT2D eigenvalue weighted by atomic mass is 9.98. The van der Waals surface area contributed by atoms with Crippen LogP contribution in [0.25, 0.3) is 0 Å². The van der Waals surface area contributed by atoms with E-state index in [2.05, 4.69) is 11.9 Å². The van der Waals surface area contributed by atoms with E-state index in [0.717, 1.165) is 31.2 Å². The van der Waals surface area contributed by atoms with E-state index in [0.29, 0.717) is 12.1 Å². The standard InChI is InChI=1S/C17H23NO5S/c1-18-13-7-8-14(18)10-15(9-13)23-17(19)16(11-22-24(20)21)12-5-3-2-4-6-12/h2-6,13-16H,7-11H2,1H3,(H,20,21)/t13-,14+,15+,16?. The average molecular weight is 353 g/mol. The van der Waals surface area contributed by atoms with Crippen molar-refractivity contribution in [2.24, 2.45) is 0 Å². The van der Waals surface area contributed by atoms with Crippen LogP contribution >= 0.6 is 0 Å². The Morgan fingerprint density at radius 1 is 1.29 bits per heavy atom. The second kappa shape index (κ2) is 7.74. The molecule has 0 aliphatic carbocycles. The second-order valence-corrected chi connectivity index (χ2v) is 7.22. The fourth-order valence-corrected chi connectivity index (χ4v) is 4.07. The number of nitrogens with zero attached hydrogens (tertiary/aromatic N) is 1. The number of esters is 1. The molecule has 24 heavy (non-hydrogen) atoms. The maximum Gasteiger partial charge on any atom is 0.316 e. The topological polar surface area (TPSA) is 76.1 Å². The van der Waals surface area contributed by atoms with Crippen molar-refractivity contribution in [1.29, 1.82) is 0 Å². The normalized spacial score (nSPS) is 29.2. The van der Waals surface area contributed by atoms with Crippen LogP contribution in [0, 0.1) is 0 Å². The second-order valence-electron chi connectivity index (χ2n) is 6.55. The number of rotatable bonds is 6. The molecule has 0 radical (unpaired) electrons. The maximum atomic E-state index is 12.6. The summed E-state index contributed by atoms with van der Waals surface area (Å²) in [6.45, 7) is -0.175. The van der Waals surface area contributed by atoms with Crippen LogP contribution < -0.4 is 0 Å². The number of ether oxygens (including phenoxy) is 1. The zero-order valence-electron chi connectivity index (χ0n) is 13.7. The summed E-state index contributed by atoms with van der Waals surface area (Å²) in [5.74, 6) is -1.08. The van der Waals surface area contributed by atoms with Gasteiger partial charge in [-0.15, -0.1) is 0 Å². The third kappa shape index (κ3) is 4.03. The van der Waals surface area contributed by atoms with E-state index in [9.17, 15) is 9.00 Å². The van der Waals surface area contributed by atoms with E-state index in [-0.39, 0.29) is 18.7 Å². The summed E-state index contributed by atoms with van der Waals surface area (Å²) in [7, 11) is 2.14. The summed E-state index contributed by atoms with van der Waals surface area (Å²) < 4.78 is 30.2. The van der Waals surface area contributed by atoms with Crippen LogP contribution in [0.3, 0.4) is 0 Å². The predicted molar refractivity (Wildman–Crippen MR) is 89.6 cm³/mol. The average Bonchev–Trinajstić information content (AvgIpc) is 2.77. The third-order valence-electron chi connectivity index (χ3n) is 5.16. The molecule has 132 valence electrons. The maximum absolute atomic E-state index is 12.6. The van der Waals surface area contributed by atoms with E-state index in [4.69, 9.17) is 13.5 Å². The van der Waals surface area contributed by atoms with E-state index < -0.39 is 17.3 Å². The molecule has 2 saturated heterocycles. The Hall–Kier alpha value is -1.28. The molecule has 5 atom stereocenters. The molecule has 0 amide bonds. The first-order valence-corrected chi connectivity index (χ1v) is 9.29. The molecule has 3 rings (SSSR count). The van der Waals surface area contributed by atoms with Crippen LogP contribution in [-0.4, -0.2) is 51.5 Å². The van der Waals surface area contributed by atoms with Crippen molar-refractivity contribution < 1.29 is 22.5 Å². The number of carbonyl (C=O) groups is 1. The fraction of sp³-hybridized carbons (Fsp3) is 0.588. The van der Waals surface area contributed by atoms with Crippen molar-refractivity contribution in [2.45, 2.75) is 49.8 Å². The van der Waals surface area contributed by atoms with Gasteiger partial charge in [0.25, 0.3) is 0 Å². The third-order valence-corrected chi connectivity index (χ3v) is 5.50. The highest BCUT2D eigenvalue weighted by molar-refractivity contribution is 7.74. The van der Waals surface area contributed by atoms with Crippen LogP contribution in [-0.2, 0) is 25.1 Å². The first-order chi connectivity index (χ1) is 11.5. The first-order valence-electron chi connectivity index (χ1n) is 8.26. The largest absolute Gasteiger partial charge is 0.462 e. The summed E-state index contributed by atoms with van der Waals surface area (Å²) in [6.07, 6.45) is 3.94. The Labute approximate surface area is 144 Å². The van der Waals surface area contributed by atoms with Crippen LogP contribution in [0.1, 0.15) is 37.2 Å². The Kier molecular flexibility index (Phi) is 5.65. The summed E-state index contributed by atoms with van der Waals surface area (Å²) in [5.41, 5.74) is 0.726. The van der Waals surface area contributed by atoms with Crippen molar-refractivity contribution in [3.05, 3.63) is 35.9 Å². The Balaban J connectivity index is 1.66. The van der Waals surface area contributed by atoms with E-state index >= 15 is 0 Å².